The van der Waals surface area contributed by atoms with Crippen molar-refractivity contribution < 1.29 is 9.07 Å². The standard InChI is InChI=1S/C22H22FN2S/c1-24-16-20(19-10-5-6-11-21(19)23)22-12-4-2-3-8-17(25(22)24)13-14-18-9-7-15-26-18/h2-3,5-11,15-16H,4,12-14H2,1H3/q+1. The molecule has 26 heavy (non-hydrogen) atoms. The molecule has 1 aliphatic heterocycles. The normalized spacial score (nSPS) is 13.8. The molecule has 0 aliphatic carbocycles. The second kappa shape index (κ2) is 7.42. The summed E-state index contributed by atoms with van der Waals surface area (Å²) in [5.41, 5.74) is 4.09. The smallest absolute Gasteiger partial charge is 0.204 e. The lowest BCUT2D eigenvalue weighted by molar-refractivity contribution is -0.743. The number of hydrogen-bond acceptors (Lipinski definition) is 1. The van der Waals surface area contributed by atoms with E-state index in [9.17, 15) is 4.39 Å². The molecule has 4 rings (SSSR count). The largest absolute Gasteiger partial charge is 0.206 e. The van der Waals surface area contributed by atoms with Crippen LogP contribution in [0.15, 0.2) is 66.2 Å². The van der Waals surface area contributed by atoms with Crippen molar-refractivity contribution in [2.75, 3.05) is 0 Å². The lowest BCUT2D eigenvalue weighted by atomic mass is 10.0. The molecule has 3 aromatic rings. The minimum absolute atomic E-state index is 0.164. The van der Waals surface area contributed by atoms with Crippen molar-refractivity contribution in [1.29, 1.82) is 0 Å². The second-order valence-corrected chi connectivity index (χ2v) is 7.59. The van der Waals surface area contributed by atoms with Crippen molar-refractivity contribution in [3.05, 3.63) is 82.6 Å². The first-order valence-electron chi connectivity index (χ1n) is 8.98. The van der Waals surface area contributed by atoms with Gasteiger partial charge in [0.1, 0.15) is 5.82 Å². The molecule has 0 atom stereocenters. The van der Waals surface area contributed by atoms with Crippen molar-refractivity contribution >= 4 is 17.0 Å². The number of halogens is 1. The predicted octanol–water partition coefficient (Wildman–Crippen LogP) is 5.16. The maximum absolute atomic E-state index is 14.4. The number of aromatic nitrogens is 2. The minimum Gasteiger partial charge on any atom is -0.206 e. The first-order chi connectivity index (χ1) is 12.7. The molecule has 132 valence electrons. The molecule has 0 unspecified atom stereocenters. The number of fused-ring (bicyclic) bond motifs is 1. The van der Waals surface area contributed by atoms with Crippen LogP contribution >= 0.6 is 11.3 Å². The number of aryl methyl sites for hydroxylation is 2. The Morgan fingerprint density at radius 1 is 1.12 bits per heavy atom. The summed E-state index contributed by atoms with van der Waals surface area (Å²) in [5, 5.41) is 2.12. The highest BCUT2D eigenvalue weighted by Gasteiger charge is 2.24. The van der Waals surface area contributed by atoms with Crippen LogP contribution in [0.5, 0.6) is 0 Å². The Labute approximate surface area is 157 Å². The first-order valence-corrected chi connectivity index (χ1v) is 9.86. The lowest BCUT2D eigenvalue weighted by Crippen LogP contribution is -2.38. The fourth-order valence-electron chi connectivity index (χ4n) is 3.61. The van der Waals surface area contributed by atoms with E-state index in [0.717, 1.165) is 31.2 Å². The topological polar surface area (TPSA) is 8.81 Å². The van der Waals surface area contributed by atoms with Gasteiger partial charge in [0, 0.05) is 10.4 Å². The van der Waals surface area contributed by atoms with Crippen LogP contribution in [0, 0.1) is 5.82 Å². The van der Waals surface area contributed by atoms with Gasteiger partial charge in [-0.15, -0.1) is 20.7 Å². The molecule has 2 aromatic heterocycles. The van der Waals surface area contributed by atoms with Crippen molar-refractivity contribution in [3.63, 3.8) is 0 Å². The second-order valence-electron chi connectivity index (χ2n) is 6.56. The molecule has 3 heterocycles. The molecule has 0 saturated carbocycles. The SMILES string of the molecule is C[n+]1cc(-c2ccccc2F)c2n1C(CCc1cccs1)=CC=CCC2. The highest BCUT2D eigenvalue weighted by molar-refractivity contribution is 7.09. The average Bonchev–Trinajstić information content (AvgIpc) is 3.23. The zero-order valence-electron chi connectivity index (χ0n) is 14.9. The molecule has 0 saturated heterocycles. The third-order valence-electron chi connectivity index (χ3n) is 4.81. The molecule has 0 fully saturated rings. The summed E-state index contributed by atoms with van der Waals surface area (Å²) >= 11 is 1.80. The summed E-state index contributed by atoms with van der Waals surface area (Å²) in [5.74, 6) is -0.164. The van der Waals surface area contributed by atoms with Crippen LogP contribution in [0.4, 0.5) is 4.39 Å². The number of rotatable bonds is 4. The number of nitrogens with zero attached hydrogens (tertiary/aromatic N) is 2. The molecule has 1 aliphatic rings. The van der Waals surface area contributed by atoms with Crippen molar-refractivity contribution in [2.24, 2.45) is 7.05 Å². The van der Waals surface area contributed by atoms with Crippen LogP contribution in [-0.2, 0) is 19.9 Å². The molecule has 0 bridgehead atoms. The van der Waals surface area contributed by atoms with Gasteiger partial charge in [0.25, 0.3) is 0 Å². The molecular formula is C22H22FN2S+. The van der Waals surface area contributed by atoms with Gasteiger partial charge in [-0.1, -0.05) is 36.4 Å². The lowest BCUT2D eigenvalue weighted by Gasteiger charge is -2.12. The Kier molecular flexibility index (Phi) is 4.85. The third kappa shape index (κ3) is 3.29. The zero-order valence-corrected chi connectivity index (χ0v) is 15.7. The quantitative estimate of drug-likeness (QED) is 0.565. The van der Waals surface area contributed by atoms with Crippen molar-refractivity contribution in [1.82, 2.24) is 4.68 Å². The summed E-state index contributed by atoms with van der Waals surface area (Å²) in [6.07, 6.45) is 12.4. The van der Waals surface area contributed by atoms with E-state index in [1.807, 2.05) is 19.2 Å². The Morgan fingerprint density at radius 2 is 2.00 bits per heavy atom. The average molecular weight is 365 g/mol. The number of benzene rings is 1. The highest BCUT2D eigenvalue weighted by Crippen LogP contribution is 2.30. The third-order valence-corrected chi connectivity index (χ3v) is 5.75. The van der Waals surface area contributed by atoms with Crippen LogP contribution in [-0.4, -0.2) is 4.68 Å². The Balaban J connectivity index is 1.76. The molecule has 1 aromatic carbocycles. The zero-order chi connectivity index (χ0) is 17.9. The molecule has 0 radical (unpaired) electrons. The van der Waals surface area contributed by atoms with Gasteiger partial charge in [-0.25, -0.2) is 4.39 Å². The molecular weight excluding hydrogens is 343 g/mol. The maximum atomic E-state index is 14.4. The van der Waals surface area contributed by atoms with Gasteiger partial charge in [0.15, 0.2) is 7.05 Å². The van der Waals surface area contributed by atoms with Crippen LogP contribution < -0.4 is 4.68 Å². The van der Waals surface area contributed by atoms with E-state index in [0.29, 0.717) is 5.56 Å². The molecule has 4 heteroatoms. The monoisotopic (exact) mass is 365 g/mol. The Bertz CT molecular complexity index is 964. The summed E-state index contributed by atoms with van der Waals surface area (Å²) in [6, 6.07) is 11.3. The summed E-state index contributed by atoms with van der Waals surface area (Å²) in [7, 11) is 2.04. The molecule has 0 N–H and O–H groups in total. The molecule has 0 spiro atoms. The van der Waals surface area contributed by atoms with Gasteiger partial charge >= 0.3 is 0 Å². The highest BCUT2D eigenvalue weighted by atomic mass is 32.1. The Morgan fingerprint density at radius 3 is 2.81 bits per heavy atom. The number of allylic oxidation sites excluding steroid dienone is 4. The van der Waals surface area contributed by atoms with E-state index in [-0.39, 0.29) is 5.82 Å². The summed E-state index contributed by atoms with van der Waals surface area (Å²) in [6.45, 7) is 0. The predicted molar refractivity (Wildman–Crippen MR) is 105 cm³/mol. The van der Waals surface area contributed by atoms with E-state index in [4.69, 9.17) is 0 Å². The minimum atomic E-state index is -0.164. The fourth-order valence-corrected chi connectivity index (χ4v) is 4.32. The van der Waals surface area contributed by atoms with Crippen LogP contribution in [0.3, 0.4) is 0 Å². The maximum Gasteiger partial charge on any atom is 0.204 e. The number of thiophene rings is 1. The van der Waals surface area contributed by atoms with Gasteiger partial charge in [-0.3, -0.25) is 0 Å². The van der Waals surface area contributed by atoms with E-state index >= 15 is 0 Å². The van der Waals surface area contributed by atoms with Gasteiger partial charge in [-0.2, -0.15) is 0 Å². The van der Waals surface area contributed by atoms with Crippen molar-refractivity contribution in [3.8, 4) is 11.1 Å². The van der Waals surface area contributed by atoms with Gasteiger partial charge in [0.2, 0.25) is 6.20 Å². The van der Waals surface area contributed by atoms with Crippen LogP contribution in [0.1, 0.15) is 23.4 Å². The van der Waals surface area contributed by atoms with E-state index in [2.05, 4.69) is 51.3 Å². The van der Waals surface area contributed by atoms with E-state index < -0.39 is 0 Å². The Hall–Kier alpha value is -2.46. The first kappa shape index (κ1) is 17.0. The van der Waals surface area contributed by atoms with E-state index in [1.54, 1.807) is 17.4 Å². The van der Waals surface area contributed by atoms with Gasteiger partial charge in [0.05, 0.1) is 17.0 Å². The molecule has 0 amide bonds. The van der Waals surface area contributed by atoms with Gasteiger partial charge < -0.3 is 0 Å². The van der Waals surface area contributed by atoms with Crippen molar-refractivity contribution in [2.45, 2.75) is 25.7 Å². The fraction of sp³-hybridized carbons (Fsp3) is 0.227. The van der Waals surface area contributed by atoms with Crippen LogP contribution in [0.25, 0.3) is 16.8 Å². The van der Waals surface area contributed by atoms with E-state index in [1.165, 1.54) is 22.3 Å². The van der Waals surface area contributed by atoms with Crippen LogP contribution in [0.2, 0.25) is 0 Å². The summed E-state index contributed by atoms with van der Waals surface area (Å²) < 4.78 is 18.8. The van der Waals surface area contributed by atoms with Gasteiger partial charge in [-0.05, 0) is 49.3 Å². The number of hydrogen-bond donors (Lipinski definition) is 0. The molecule has 2 nitrogen and oxygen atoms in total. The summed E-state index contributed by atoms with van der Waals surface area (Å²) in [4.78, 5) is 1.39.